The average molecular weight is 600 g/mol. The van der Waals surface area contributed by atoms with Crippen LogP contribution in [0.3, 0.4) is 0 Å². The zero-order chi connectivity index (χ0) is 29.1. The molecule has 0 radical (unpaired) electrons. The first kappa shape index (κ1) is 34.1. The molecule has 4 aliphatic heterocycles. The van der Waals surface area contributed by atoms with Crippen LogP contribution in [-0.4, -0.2) is 89.1 Å². The highest BCUT2D eigenvalue weighted by atomic mass is 27.2. The van der Waals surface area contributed by atoms with Crippen LogP contribution in [0, 0.1) is 0 Å². The van der Waals surface area contributed by atoms with E-state index >= 15 is 0 Å². The molecule has 0 atom stereocenters. The monoisotopic (exact) mass is 599 g/mol. The second-order valence-corrected chi connectivity index (χ2v) is 19.8. The van der Waals surface area contributed by atoms with E-state index in [2.05, 4.69) is 27.7 Å². The van der Waals surface area contributed by atoms with Gasteiger partial charge in [-0.25, -0.2) is 0 Å². The Morgan fingerprint density at radius 2 is 0.537 bits per heavy atom. The maximum absolute atomic E-state index is 5.91. The van der Waals surface area contributed by atoms with Crippen molar-refractivity contribution in [1.82, 2.24) is 0 Å². The fourth-order valence-electron chi connectivity index (χ4n) is 7.76. The van der Waals surface area contributed by atoms with E-state index in [1.54, 1.807) is 0 Å². The fourth-order valence-corrected chi connectivity index (χ4v) is 14.1. The van der Waals surface area contributed by atoms with Gasteiger partial charge in [-0.15, -0.1) is 0 Å². The third-order valence-corrected chi connectivity index (χ3v) is 16.9. The molecule has 4 saturated heterocycles. The van der Waals surface area contributed by atoms with Crippen LogP contribution in [0.15, 0.2) is 0 Å². The second kappa shape index (κ2) is 16.0. The van der Waals surface area contributed by atoms with Crippen molar-refractivity contribution in [3.05, 3.63) is 0 Å². The highest BCUT2D eigenvalue weighted by Gasteiger charge is 2.35. The Morgan fingerprint density at radius 1 is 0.341 bits per heavy atom. The van der Waals surface area contributed by atoms with Crippen molar-refractivity contribution in [2.45, 2.75) is 149 Å². The summed E-state index contributed by atoms with van der Waals surface area (Å²) in [4.78, 5) is 0. The van der Waals surface area contributed by atoms with Gasteiger partial charge in [-0.1, -0.05) is 51.4 Å². The lowest BCUT2D eigenvalue weighted by Crippen LogP contribution is -2.35. The summed E-state index contributed by atoms with van der Waals surface area (Å²) in [6.45, 7) is 14.2. The molecule has 4 aliphatic rings. The molecular formula is C32H60AlO8-. The van der Waals surface area contributed by atoms with Gasteiger partial charge in [-0.05, 0) is 27.7 Å². The summed E-state index contributed by atoms with van der Waals surface area (Å²) >= 11 is -1.90. The lowest BCUT2D eigenvalue weighted by molar-refractivity contribution is -0.147. The number of ether oxygens (including phenoxy) is 8. The molecule has 0 aliphatic carbocycles. The Labute approximate surface area is 252 Å². The Morgan fingerprint density at radius 3 is 0.732 bits per heavy atom. The van der Waals surface area contributed by atoms with Crippen LogP contribution in [0.5, 0.6) is 0 Å². The van der Waals surface area contributed by atoms with Gasteiger partial charge < -0.3 is 37.9 Å². The summed E-state index contributed by atoms with van der Waals surface area (Å²) in [5.74, 6) is -1.51. The molecule has 0 unspecified atom stereocenters. The molecular weight excluding hydrogens is 539 g/mol. The molecule has 41 heavy (non-hydrogen) atoms. The second-order valence-electron chi connectivity index (χ2n) is 14.0. The SMILES string of the molecule is CC1(CCC[CH2][Al-]([CH2]CCCC2(C)OCCO2)([CH2]CCCC2(C)OCCO2)[CH2]CCCC2(C)OCCO2)OCCO1. The number of rotatable bonds is 20. The van der Waals surface area contributed by atoms with E-state index in [-0.39, 0.29) is 23.1 Å². The van der Waals surface area contributed by atoms with E-state index in [9.17, 15) is 0 Å². The summed E-state index contributed by atoms with van der Waals surface area (Å²) in [6, 6.07) is 0. The minimum atomic E-state index is -1.90. The number of hydrogen-bond acceptors (Lipinski definition) is 8. The van der Waals surface area contributed by atoms with Crippen LogP contribution in [0.2, 0.25) is 21.1 Å². The van der Waals surface area contributed by atoms with Crippen LogP contribution >= 0.6 is 0 Å². The summed E-state index contributed by atoms with van der Waals surface area (Å²) < 4.78 is 47.2. The third-order valence-electron chi connectivity index (χ3n) is 10.4. The minimum absolute atomic E-state index is 0.377. The topological polar surface area (TPSA) is 73.8 Å². The minimum Gasteiger partial charge on any atom is -0.348 e. The molecule has 0 spiro atoms. The molecule has 4 heterocycles. The molecule has 9 heteroatoms. The Balaban J connectivity index is 1.33. The van der Waals surface area contributed by atoms with E-state index in [0.717, 1.165) is 78.5 Å². The highest BCUT2D eigenvalue weighted by Crippen LogP contribution is 2.38. The van der Waals surface area contributed by atoms with Crippen LogP contribution < -0.4 is 0 Å². The smallest absolute Gasteiger partial charge is 0.165 e. The molecule has 8 nitrogen and oxygen atoms in total. The predicted molar refractivity (Wildman–Crippen MR) is 162 cm³/mol. The molecule has 0 N–H and O–H groups in total. The van der Waals surface area contributed by atoms with Gasteiger partial charge in [-0.2, -0.15) is 21.1 Å². The maximum Gasteiger partial charge on any atom is 0.165 e. The van der Waals surface area contributed by atoms with E-state index in [0.29, 0.717) is 0 Å². The van der Waals surface area contributed by atoms with E-state index < -0.39 is 13.1 Å². The van der Waals surface area contributed by atoms with Crippen molar-refractivity contribution in [1.29, 1.82) is 0 Å². The van der Waals surface area contributed by atoms with Crippen LogP contribution in [0.1, 0.15) is 105 Å². The van der Waals surface area contributed by atoms with Gasteiger partial charge in [0.15, 0.2) is 23.1 Å². The fraction of sp³-hybridized carbons (Fsp3) is 1.00. The van der Waals surface area contributed by atoms with Gasteiger partial charge in [0, 0.05) is 25.7 Å². The molecule has 4 fully saturated rings. The largest absolute Gasteiger partial charge is 0.348 e. The van der Waals surface area contributed by atoms with Gasteiger partial charge >= 0.3 is 0 Å². The van der Waals surface area contributed by atoms with E-state index in [1.165, 1.54) is 72.5 Å². The van der Waals surface area contributed by atoms with Gasteiger partial charge in [0.2, 0.25) is 0 Å². The van der Waals surface area contributed by atoms with E-state index in [4.69, 9.17) is 37.9 Å². The molecule has 0 aromatic carbocycles. The van der Waals surface area contributed by atoms with Crippen molar-refractivity contribution < 1.29 is 37.9 Å². The summed E-state index contributed by atoms with van der Waals surface area (Å²) in [6.07, 6.45) is 13.8. The third kappa shape index (κ3) is 11.3. The summed E-state index contributed by atoms with van der Waals surface area (Å²) in [7, 11) is 0. The van der Waals surface area contributed by atoms with Crippen molar-refractivity contribution in [3.63, 3.8) is 0 Å². The standard InChI is InChI=1S/4C8H15O2.Al/c4*1-3-4-5-8(2)9-6-7-10-8;/h4*1,3-7H2,2H3;/q;;;;-1. The summed E-state index contributed by atoms with van der Waals surface area (Å²) in [5.41, 5.74) is 0. The maximum atomic E-state index is 5.91. The van der Waals surface area contributed by atoms with Crippen molar-refractivity contribution >= 4 is 13.1 Å². The van der Waals surface area contributed by atoms with Crippen molar-refractivity contribution in [2.24, 2.45) is 0 Å². The lowest BCUT2D eigenvalue weighted by Gasteiger charge is -2.38. The lowest BCUT2D eigenvalue weighted by atomic mass is 10.1. The first-order chi connectivity index (χ1) is 19.7. The highest BCUT2D eigenvalue weighted by molar-refractivity contribution is 6.79. The Kier molecular flexibility index (Phi) is 13.3. The first-order valence-corrected chi connectivity index (χ1v) is 20.3. The molecule has 0 aromatic rings. The molecule has 4 rings (SSSR count). The van der Waals surface area contributed by atoms with Gasteiger partial charge in [0.25, 0.3) is 0 Å². The van der Waals surface area contributed by atoms with Crippen LogP contribution in [-0.2, 0) is 37.9 Å². The van der Waals surface area contributed by atoms with Gasteiger partial charge in [-0.3, -0.25) is 0 Å². The zero-order valence-corrected chi connectivity index (χ0v) is 28.0. The van der Waals surface area contributed by atoms with E-state index in [1.807, 2.05) is 0 Å². The first-order valence-electron chi connectivity index (χ1n) is 17.0. The molecule has 0 amide bonds. The quantitative estimate of drug-likeness (QED) is 0.108. The van der Waals surface area contributed by atoms with Crippen LogP contribution in [0.25, 0.3) is 0 Å². The Bertz CT molecular complexity index is 614. The number of hydrogen-bond donors (Lipinski definition) is 0. The van der Waals surface area contributed by atoms with Crippen molar-refractivity contribution in [3.8, 4) is 0 Å². The molecule has 0 saturated carbocycles. The number of unbranched alkanes of at least 4 members (excludes halogenated alkanes) is 4. The average Bonchev–Trinajstić information content (AvgIpc) is 3.76. The molecule has 240 valence electrons. The zero-order valence-electron chi connectivity index (χ0n) is 26.8. The Hall–Kier alpha value is 0.212. The molecule has 0 aromatic heterocycles. The van der Waals surface area contributed by atoms with Crippen LogP contribution in [0.4, 0.5) is 0 Å². The van der Waals surface area contributed by atoms with Gasteiger partial charge in [0.1, 0.15) is 13.1 Å². The van der Waals surface area contributed by atoms with Crippen molar-refractivity contribution in [2.75, 3.05) is 52.9 Å². The predicted octanol–water partition coefficient (Wildman–Crippen LogP) is 7.17. The molecule has 0 bridgehead atoms. The normalized spacial score (nSPS) is 24.9. The summed E-state index contributed by atoms with van der Waals surface area (Å²) in [5, 5.41) is 5.67. The van der Waals surface area contributed by atoms with Gasteiger partial charge in [0.05, 0.1) is 52.9 Å².